The fourth-order valence-corrected chi connectivity index (χ4v) is 1.60. The molecule has 0 fully saturated rings. The molecule has 0 aromatic rings. The largest absolute Gasteiger partial charge is 0.306 e. The predicted octanol–water partition coefficient (Wildman–Crippen LogP) is 2.76. The summed E-state index contributed by atoms with van der Waals surface area (Å²) in [5, 5.41) is 0. The smallest absolute Gasteiger partial charge is 0.00295 e. The van der Waals surface area contributed by atoms with E-state index < -0.39 is 0 Å². The van der Waals surface area contributed by atoms with Crippen LogP contribution in [0, 0.1) is 5.41 Å². The van der Waals surface area contributed by atoms with Crippen LogP contribution < -0.4 is 0 Å². The van der Waals surface area contributed by atoms with Crippen molar-refractivity contribution in [2.75, 3.05) is 20.1 Å². The Morgan fingerprint density at radius 3 is 2.09 bits per heavy atom. The molecule has 0 unspecified atom stereocenters. The first kappa shape index (κ1) is 11.0. The second-order valence-electron chi connectivity index (χ2n) is 4.24. The normalized spacial score (nSPS) is 12.5. The zero-order valence-corrected chi connectivity index (χ0v) is 8.78. The lowest BCUT2D eigenvalue weighted by Gasteiger charge is -2.29. The highest BCUT2D eigenvalue weighted by Gasteiger charge is 2.17. The molecule has 0 bridgehead atoms. The van der Waals surface area contributed by atoms with Gasteiger partial charge in [-0.15, -0.1) is 0 Å². The van der Waals surface area contributed by atoms with Gasteiger partial charge in [0.15, 0.2) is 0 Å². The summed E-state index contributed by atoms with van der Waals surface area (Å²) < 4.78 is 0. The maximum absolute atomic E-state index is 2.38. The maximum Gasteiger partial charge on any atom is 0.00295 e. The molecule has 0 aromatic heterocycles. The third-order valence-electron chi connectivity index (χ3n) is 2.16. The Kier molecular flexibility index (Phi) is 4.74. The summed E-state index contributed by atoms with van der Waals surface area (Å²) in [6.45, 7) is 11.5. The summed E-state index contributed by atoms with van der Waals surface area (Å²) in [4.78, 5) is 2.38. The second-order valence-corrected chi connectivity index (χ2v) is 4.24. The molecule has 0 aliphatic rings. The number of hydrogen-bond acceptors (Lipinski definition) is 1. The van der Waals surface area contributed by atoms with E-state index in [-0.39, 0.29) is 0 Å². The molecule has 0 rings (SSSR count). The van der Waals surface area contributed by atoms with Crippen LogP contribution in [-0.4, -0.2) is 25.0 Å². The zero-order chi connectivity index (χ0) is 8.91. The number of hydrogen-bond donors (Lipinski definition) is 0. The quantitative estimate of drug-likeness (QED) is 0.593. The molecule has 1 heteroatoms. The van der Waals surface area contributed by atoms with E-state index in [4.69, 9.17) is 0 Å². The highest BCUT2D eigenvalue weighted by molar-refractivity contribution is 4.71. The lowest BCUT2D eigenvalue weighted by atomic mass is 9.87. The van der Waals surface area contributed by atoms with Gasteiger partial charge in [-0.05, 0) is 25.4 Å². The molecule has 0 spiro atoms. The lowest BCUT2D eigenvalue weighted by Crippen LogP contribution is -2.31. The van der Waals surface area contributed by atoms with Gasteiger partial charge in [0.1, 0.15) is 0 Å². The third kappa shape index (κ3) is 5.25. The molecule has 0 aromatic carbocycles. The fraction of sp³-hybridized carbons (Fsp3) is 1.00. The van der Waals surface area contributed by atoms with Crippen molar-refractivity contribution >= 4 is 0 Å². The van der Waals surface area contributed by atoms with E-state index in [0.717, 1.165) is 6.54 Å². The van der Waals surface area contributed by atoms with Crippen molar-refractivity contribution in [1.29, 1.82) is 0 Å². The highest BCUT2D eigenvalue weighted by Crippen LogP contribution is 2.22. The van der Waals surface area contributed by atoms with Gasteiger partial charge in [0.2, 0.25) is 0 Å². The summed E-state index contributed by atoms with van der Waals surface area (Å²) in [5.41, 5.74) is 0.500. The van der Waals surface area contributed by atoms with Crippen molar-refractivity contribution in [3.05, 3.63) is 0 Å². The lowest BCUT2D eigenvalue weighted by molar-refractivity contribution is 0.203. The molecule has 0 aliphatic heterocycles. The van der Waals surface area contributed by atoms with Crippen molar-refractivity contribution in [2.45, 2.75) is 40.5 Å². The molecule has 0 saturated carbocycles. The summed E-state index contributed by atoms with van der Waals surface area (Å²) >= 11 is 0. The van der Waals surface area contributed by atoms with Crippen LogP contribution in [0.1, 0.15) is 40.5 Å². The minimum Gasteiger partial charge on any atom is -0.306 e. The second kappa shape index (κ2) is 4.76. The average Bonchev–Trinajstić information content (AvgIpc) is 1.86. The SMILES string of the molecule is CCCC(C)(C)CN(C)CC. The van der Waals surface area contributed by atoms with E-state index in [9.17, 15) is 0 Å². The van der Waals surface area contributed by atoms with E-state index in [1.807, 2.05) is 0 Å². The van der Waals surface area contributed by atoms with Crippen LogP contribution in [0.2, 0.25) is 0 Å². The van der Waals surface area contributed by atoms with Crippen LogP contribution in [0.15, 0.2) is 0 Å². The molecular formula is C10H23N. The van der Waals surface area contributed by atoms with Gasteiger partial charge in [0.25, 0.3) is 0 Å². The van der Waals surface area contributed by atoms with Gasteiger partial charge in [0.05, 0.1) is 0 Å². The Labute approximate surface area is 71.8 Å². The molecule has 0 atom stereocenters. The van der Waals surface area contributed by atoms with E-state index in [1.54, 1.807) is 0 Å². The summed E-state index contributed by atoms with van der Waals surface area (Å²) in [6, 6.07) is 0. The molecule has 0 aliphatic carbocycles. The standard InChI is InChI=1S/C10H23N/c1-6-8-10(3,4)9-11(5)7-2/h6-9H2,1-5H3. The van der Waals surface area contributed by atoms with Gasteiger partial charge in [-0.25, -0.2) is 0 Å². The summed E-state index contributed by atoms with van der Waals surface area (Å²) in [6.07, 6.45) is 2.63. The first-order chi connectivity index (χ1) is 5.02. The van der Waals surface area contributed by atoms with Crippen LogP contribution in [0.5, 0.6) is 0 Å². The Morgan fingerprint density at radius 2 is 1.73 bits per heavy atom. The monoisotopic (exact) mass is 157 g/mol. The van der Waals surface area contributed by atoms with Gasteiger partial charge in [-0.3, -0.25) is 0 Å². The van der Waals surface area contributed by atoms with Crippen molar-refractivity contribution < 1.29 is 0 Å². The van der Waals surface area contributed by atoms with E-state index >= 15 is 0 Å². The first-order valence-electron chi connectivity index (χ1n) is 4.70. The first-order valence-corrected chi connectivity index (χ1v) is 4.70. The Hall–Kier alpha value is -0.0400. The fourth-order valence-electron chi connectivity index (χ4n) is 1.60. The van der Waals surface area contributed by atoms with Gasteiger partial charge in [-0.1, -0.05) is 34.1 Å². The molecular weight excluding hydrogens is 134 g/mol. The molecule has 0 radical (unpaired) electrons. The zero-order valence-electron chi connectivity index (χ0n) is 8.78. The molecule has 0 saturated heterocycles. The van der Waals surface area contributed by atoms with Crippen molar-refractivity contribution in [3.8, 4) is 0 Å². The number of nitrogens with zero attached hydrogens (tertiary/aromatic N) is 1. The molecule has 68 valence electrons. The van der Waals surface area contributed by atoms with Gasteiger partial charge in [-0.2, -0.15) is 0 Å². The average molecular weight is 157 g/mol. The minimum absolute atomic E-state index is 0.500. The van der Waals surface area contributed by atoms with Gasteiger partial charge in [0, 0.05) is 6.54 Å². The molecule has 11 heavy (non-hydrogen) atoms. The Morgan fingerprint density at radius 1 is 1.18 bits per heavy atom. The van der Waals surface area contributed by atoms with Crippen LogP contribution in [0.25, 0.3) is 0 Å². The summed E-state index contributed by atoms with van der Waals surface area (Å²) in [5.74, 6) is 0. The van der Waals surface area contributed by atoms with Crippen molar-refractivity contribution in [3.63, 3.8) is 0 Å². The van der Waals surface area contributed by atoms with Crippen molar-refractivity contribution in [1.82, 2.24) is 4.90 Å². The maximum atomic E-state index is 2.38. The minimum atomic E-state index is 0.500. The summed E-state index contributed by atoms with van der Waals surface area (Å²) in [7, 11) is 2.19. The van der Waals surface area contributed by atoms with Crippen molar-refractivity contribution in [2.24, 2.45) is 5.41 Å². The van der Waals surface area contributed by atoms with Gasteiger partial charge < -0.3 is 4.90 Å². The highest BCUT2D eigenvalue weighted by atomic mass is 15.1. The molecule has 0 heterocycles. The predicted molar refractivity (Wildman–Crippen MR) is 51.9 cm³/mol. The molecule has 0 N–H and O–H groups in total. The molecule has 1 nitrogen and oxygen atoms in total. The third-order valence-corrected chi connectivity index (χ3v) is 2.16. The topological polar surface area (TPSA) is 3.24 Å². The van der Waals surface area contributed by atoms with Crippen LogP contribution >= 0.6 is 0 Å². The van der Waals surface area contributed by atoms with Crippen LogP contribution in [0.3, 0.4) is 0 Å². The van der Waals surface area contributed by atoms with E-state index in [0.29, 0.717) is 5.41 Å². The van der Waals surface area contributed by atoms with E-state index in [2.05, 4.69) is 39.6 Å². The molecule has 0 amide bonds. The van der Waals surface area contributed by atoms with Crippen LogP contribution in [0.4, 0.5) is 0 Å². The Bertz CT molecular complexity index is 97.0. The van der Waals surface area contributed by atoms with Crippen LogP contribution in [-0.2, 0) is 0 Å². The Balaban J connectivity index is 3.70. The number of rotatable bonds is 5. The van der Waals surface area contributed by atoms with Gasteiger partial charge >= 0.3 is 0 Å². The van der Waals surface area contributed by atoms with E-state index in [1.165, 1.54) is 19.4 Å².